The second kappa shape index (κ2) is 7.44. The molecule has 0 radical (unpaired) electrons. The summed E-state index contributed by atoms with van der Waals surface area (Å²) in [6, 6.07) is 0. The highest BCUT2D eigenvalue weighted by Crippen LogP contribution is 2.86. The molecule has 0 aromatic heterocycles. The molecule has 37 heavy (non-hydrogen) atoms. The van der Waals surface area contributed by atoms with E-state index >= 15 is 0 Å². The van der Waals surface area contributed by atoms with E-state index in [0.717, 1.165) is 38.0 Å². The molecule has 7 rings (SSSR count). The van der Waals surface area contributed by atoms with Crippen molar-refractivity contribution in [3.63, 3.8) is 0 Å². The Hall–Kier alpha value is -0.433. The molecule has 6 saturated carbocycles. The second-order valence-electron chi connectivity index (χ2n) is 16.0. The number of hydrogen-bond acceptors (Lipinski definition) is 5. The fraction of sp³-hybridized carbons (Fsp3) is 0.968. The van der Waals surface area contributed by atoms with Crippen LogP contribution in [0.2, 0.25) is 18.1 Å². The van der Waals surface area contributed by atoms with Crippen molar-refractivity contribution in [2.75, 3.05) is 6.61 Å². The zero-order chi connectivity index (χ0) is 26.4. The molecule has 1 spiro atoms. The molecule has 1 saturated heterocycles. The molecule has 0 amide bonds. The molecular weight excluding hydrogens is 480 g/mol. The van der Waals surface area contributed by atoms with Gasteiger partial charge in [0, 0.05) is 18.9 Å². The van der Waals surface area contributed by atoms with E-state index < -0.39 is 13.9 Å². The molecule has 1 aliphatic heterocycles. The van der Waals surface area contributed by atoms with Gasteiger partial charge >= 0.3 is 5.97 Å². The van der Waals surface area contributed by atoms with Crippen LogP contribution in [0, 0.1) is 46.8 Å². The summed E-state index contributed by atoms with van der Waals surface area (Å²) in [5.74, 6) is 4.42. The third-order valence-electron chi connectivity index (χ3n) is 13.7. The maximum absolute atomic E-state index is 12.6. The first-order valence-corrected chi connectivity index (χ1v) is 18.4. The number of esters is 1. The van der Waals surface area contributed by atoms with Gasteiger partial charge in [-0.15, -0.1) is 0 Å². The normalized spacial score (nSPS) is 54.6. The van der Waals surface area contributed by atoms with Gasteiger partial charge < -0.3 is 19.0 Å². The smallest absolute Gasteiger partial charge is 0.305 e. The zero-order valence-electron chi connectivity index (χ0n) is 24.3. The number of ether oxygens (including phenoxy) is 2. The molecule has 3 unspecified atom stereocenters. The number of aliphatic hydroxyl groups is 1. The molecule has 7 fully saturated rings. The van der Waals surface area contributed by atoms with E-state index in [1.165, 1.54) is 19.3 Å². The Balaban J connectivity index is 1.12. The van der Waals surface area contributed by atoms with Crippen molar-refractivity contribution in [1.82, 2.24) is 0 Å². The van der Waals surface area contributed by atoms with Crippen LogP contribution >= 0.6 is 0 Å². The number of rotatable bonds is 6. The van der Waals surface area contributed by atoms with Gasteiger partial charge in [-0.25, -0.2) is 0 Å². The van der Waals surface area contributed by atoms with Gasteiger partial charge in [-0.3, -0.25) is 4.79 Å². The van der Waals surface area contributed by atoms with Crippen molar-refractivity contribution in [3.05, 3.63) is 0 Å². The van der Waals surface area contributed by atoms with E-state index in [-0.39, 0.29) is 33.7 Å². The minimum Gasteiger partial charge on any atom is -0.466 e. The molecule has 6 heteroatoms. The summed E-state index contributed by atoms with van der Waals surface area (Å²) >= 11 is 0. The summed E-state index contributed by atoms with van der Waals surface area (Å²) in [5.41, 5.74) is -0.620. The lowest BCUT2D eigenvalue weighted by atomic mass is 9.44. The molecule has 12 atom stereocenters. The third-order valence-corrected chi connectivity index (χ3v) is 18.3. The summed E-state index contributed by atoms with van der Waals surface area (Å²) in [6.07, 6.45) is 9.36. The van der Waals surface area contributed by atoms with E-state index in [0.29, 0.717) is 48.5 Å². The maximum Gasteiger partial charge on any atom is 0.305 e. The number of epoxide rings is 1. The van der Waals surface area contributed by atoms with E-state index in [9.17, 15) is 9.90 Å². The SMILES string of the molecule is CCOC(=O)CC[C@@]12O[C@@]13CCC1C(C3[C@@H]3C[C@@H]32)[C@H]2C[C@H]2[C@]2(O)C[C@@H](O[Si](C)(C)C(C)(C)C)CC[C@]12C. The highest BCUT2D eigenvalue weighted by atomic mass is 28.4. The molecule has 0 aromatic rings. The monoisotopic (exact) mass is 530 g/mol. The van der Waals surface area contributed by atoms with Crippen LogP contribution in [-0.4, -0.2) is 48.9 Å². The molecule has 208 valence electrons. The highest BCUT2D eigenvalue weighted by molar-refractivity contribution is 6.74. The molecule has 1 heterocycles. The van der Waals surface area contributed by atoms with E-state index in [1.54, 1.807) is 0 Å². The fourth-order valence-electron chi connectivity index (χ4n) is 11.0. The predicted molar refractivity (Wildman–Crippen MR) is 144 cm³/mol. The van der Waals surface area contributed by atoms with Crippen LogP contribution in [0.15, 0.2) is 0 Å². The Morgan fingerprint density at radius 1 is 1.08 bits per heavy atom. The first-order chi connectivity index (χ1) is 17.2. The molecule has 7 aliphatic rings. The van der Waals surface area contributed by atoms with Crippen molar-refractivity contribution in [3.8, 4) is 0 Å². The van der Waals surface area contributed by atoms with Gasteiger partial charge in [0.15, 0.2) is 8.32 Å². The Morgan fingerprint density at radius 3 is 2.51 bits per heavy atom. The molecule has 0 aromatic carbocycles. The number of fused-ring (bicyclic) bond motifs is 10. The summed E-state index contributed by atoms with van der Waals surface area (Å²) in [5, 5.41) is 12.8. The summed E-state index contributed by atoms with van der Waals surface area (Å²) < 4.78 is 19.0. The standard InChI is InChI=1S/C31H50O5Si/c1-8-34-24(32)11-14-30-23-16-20(23)26-25-19-15-22(19)29(33)17-18(35-37(6,7)27(2,3)4)9-12-28(29,5)21(25)10-13-31(26,30)36-30/h18-23,25-26,33H,8-17H2,1-7H3/t18-,19-,20+,21?,22+,23-,25?,26?,28+,29+,30-,31+/m0/s1. The van der Waals surface area contributed by atoms with Crippen molar-refractivity contribution < 1.29 is 23.8 Å². The highest BCUT2D eigenvalue weighted by Gasteiger charge is 2.91. The van der Waals surface area contributed by atoms with Crippen molar-refractivity contribution in [1.29, 1.82) is 0 Å². The van der Waals surface area contributed by atoms with Crippen LogP contribution in [-0.2, 0) is 18.7 Å². The topological polar surface area (TPSA) is 68.3 Å². The summed E-state index contributed by atoms with van der Waals surface area (Å²) in [6.45, 7) is 16.5. The first-order valence-electron chi connectivity index (χ1n) is 15.5. The largest absolute Gasteiger partial charge is 0.466 e. The summed E-state index contributed by atoms with van der Waals surface area (Å²) in [4.78, 5) is 12.2. The second-order valence-corrected chi connectivity index (χ2v) is 20.8. The molecule has 1 N–H and O–H groups in total. The van der Waals surface area contributed by atoms with Gasteiger partial charge in [-0.05, 0) is 117 Å². The van der Waals surface area contributed by atoms with Crippen molar-refractivity contribution >= 4 is 14.3 Å². The van der Waals surface area contributed by atoms with E-state index in [1.807, 2.05) is 6.92 Å². The summed E-state index contributed by atoms with van der Waals surface area (Å²) in [7, 11) is -1.87. The van der Waals surface area contributed by atoms with Crippen LogP contribution < -0.4 is 0 Å². The van der Waals surface area contributed by atoms with Crippen LogP contribution in [0.1, 0.15) is 92.4 Å². The maximum atomic E-state index is 12.6. The van der Waals surface area contributed by atoms with Gasteiger partial charge in [0.05, 0.1) is 12.2 Å². The Kier molecular flexibility index (Phi) is 5.13. The number of carbonyl (C=O) groups excluding carboxylic acids is 1. The lowest BCUT2D eigenvalue weighted by Gasteiger charge is -2.63. The molecule has 5 nitrogen and oxygen atoms in total. The lowest BCUT2D eigenvalue weighted by molar-refractivity contribution is -0.221. The third kappa shape index (κ3) is 3.11. The van der Waals surface area contributed by atoms with E-state index in [2.05, 4.69) is 40.8 Å². The van der Waals surface area contributed by atoms with Crippen LogP contribution in [0.5, 0.6) is 0 Å². The Bertz CT molecular complexity index is 1010. The predicted octanol–water partition coefficient (Wildman–Crippen LogP) is 6.09. The molecular formula is C31H50O5Si. The molecule has 6 aliphatic carbocycles. The van der Waals surface area contributed by atoms with Gasteiger partial charge in [0.2, 0.25) is 0 Å². The zero-order valence-corrected chi connectivity index (χ0v) is 25.3. The van der Waals surface area contributed by atoms with Gasteiger partial charge in [0.25, 0.3) is 0 Å². The van der Waals surface area contributed by atoms with Gasteiger partial charge in [-0.2, -0.15) is 0 Å². The number of hydrogen-bond donors (Lipinski definition) is 1. The first kappa shape index (κ1) is 25.5. The lowest BCUT2D eigenvalue weighted by Crippen LogP contribution is -2.65. The van der Waals surface area contributed by atoms with Crippen LogP contribution in [0.4, 0.5) is 0 Å². The number of carbonyl (C=O) groups is 1. The quantitative estimate of drug-likeness (QED) is 0.256. The van der Waals surface area contributed by atoms with Crippen molar-refractivity contribution in [2.24, 2.45) is 46.8 Å². The van der Waals surface area contributed by atoms with Crippen LogP contribution in [0.25, 0.3) is 0 Å². The minimum atomic E-state index is -1.87. The van der Waals surface area contributed by atoms with Crippen molar-refractivity contribution in [2.45, 2.75) is 133 Å². The minimum absolute atomic E-state index is 0.0142. The Morgan fingerprint density at radius 2 is 1.81 bits per heavy atom. The average Bonchev–Trinajstić information content (AvgIpc) is 3.69. The average molecular weight is 531 g/mol. The van der Waals surface area contributed by atoms with Gasteiger partial charge in [0.1, 0.15) is 11.2 Å². The van der Waals surface area contributed by atoms with Gasteiger partial charge in [-0.1, -0.05) is 27.7 Å². The van der Waals surface area contributed by atoms with Crippen LogP contribution in [0.3, 0.4) is 0 Å². The fourth-order valence-corrected chi connectivity index (χ4v) is 12.4. The van der Waals surface area contributed by atoms with E-state index in [4.69, 9.17) is 13.9 Å². The Labute approximate surface area is 224 Å². The molecule has 0 bridgehead atoms.